The molecule has 0 spiro atoms. The van der Waals surface area contributed by atoms with Crippen LogP contribution in [0, 0.1) is 0 Å². The minimum atomic E-state index is -0.578. The summed E-state index contributed by atoms with van der Waals surface area (Å²) in [5.74, 6) is -0.395. The highest BCUT2D eigenvalue weighted by Gasteiger charge is 2.22. The minimum Gasteiger partial charge on any atom is -0.463 e. The van der Waals surface area contributed by atoms with Gasteiger partial charge in [-0.15, -0.1) is 0 Å². The van der Waals surface area contributed by atoms with Crippen molar-refractivity contribution in [3.8, 4) is 0 Å². The topological polar surface area (TPSA) is 67.4 Å². The van der Waals surface area contributed by atoms with Crippen LogP contribution in [-0.4, -0.2) is 18.1 Å². The summed E-state index contributed by atoms with van der Waals surface area (Å²) in [7, 11) is 0. The second kappa shape index (κ2) is 9.82. The molecule has 0 aliphatic rings. The van der Waals surface area contributed by atoms with Gasteiger partial charge in [-0.1, -0.05) is 60.1 Å². The summed E-state index contributed by atoms with van der Waals surface area (Å²) in [5.41, 5.74) is 1.65. The first-order valence-corrected chi connectivity index (χ1v) is 8.85. The fourth-order valence-corrected chi connectivity index (χ4v) is 2.73. The molecule has 6 heteroatoms. The molecule has 2 aromatic rings. The van der Waals surface area contributed by atoms with Gasteiger partial charge in [0.15, 0.2) is 0 Å². The van der Waals surface area contributed by atoms with Crippen molar-refractivity contribution in [2.24, 2.45) is 0 Å². The number of nitrogens with one attached hydrogen (secondary N) is 2. The van der Waals surface area contributed by atoms with Crippen LogP contribution >= 0.6 is 11.6 Å². The van der Waals surface area contributed by atoms with Gasteiger partial charge in [0.2, 0.25) is 0 Å². The Hall–Kier alpha value is -2.53. The van der Waals surface area contributed by atoms with E-state index in [0.29, 0.717) is 17.1 Å². The molecule has 0 heterocycles. The Balaban J connectivity index is 2.04. The van der Waals surface area contributed by atoms with Crippen molar-refractivity contribution >= 4 is 23.6 Å². The molecule has 2 aromatic carbocycles. The van der Waals surface area contributed by atoms with Crippen LogP contribution in [0.2, 0.25) is 5.02 Å². The molecule has 2 amide bonds. The summed E-state index contributed by atoms with van der Waals surface area (Å²) in [6.45, 7) is 3.95. The molecular weight excluding hydrogens is 352 g/mol. The highest BCUT2D eigenvalue weighted by atomic mass is 35.5. The quantitative estimate of drug-likeness (QED) is 0.713. The number of amides is 2. The van der Waals surface area contributed by atoms with Crippen molar-refractivity contribution in [3.05, 3.63) is 70.7 Å². The van der Waals surface area contributed by atoms with Gasteiger partial charge in [-0.05, 0) is 31.0 Å². The summed E-state index contributed by atoms with van der Waals surface area (Å²) in [6, 6.07) is 15.7. The van der Waals surface area contributed by atoms with Gasteiger partial charge in [0, 0.05) is 11.6 Å². The molecule has 0 bridgehead atoms. The smallest absolute Gasteiger partial charge is 0.315 e. The van der Waals surface area contributed by atoms with Crippen molar-refractivity contribution in [3.63, 3.8) is 0 Å². The SMILES string of the molecule is CC(C)OC(=O)CC(NC(=O)NCc1ccccc1)c1ccccc1Cl. The molecule has 26 heavy (non-hydrogen) atoms. The molecule has 0 saturated carbocycles. The van der Waals surface area contributed by atoms with Crippen LogP contribution in [0.25, 0.3) is 0 Å². The van der Waals surface area contributed by atoms with E-state index >= 15 is 0 Å². The van der Waals surface area contributed by atoms with E-state index in [4.69, 9.17) is 16.3 Å². The zero-order valence-corrected chi connectivity index (χ0v) is 15.6. The van der Waals surface area contributed by atoms with Gasteiger partial charge in [-0.2, -0.15) is 0 Å². The van der Waals surface area contributed by atoms with E-state index in [1.165, 1.54) is 0 Å². The van der Waals surface area contributed by atoms with Crippen LogP contribution in [-0.2, 0) is 16.1 Å². The molecule has 2 rings (SSSR count). The lowest BCUT2D eigenvalue weighted by Crippen LogP contribution is -2.38. The maximum Gasteiger partial charge on any atom is 0.315 e. The number of rotatable bonds is 7. The normalized spacial score (nSPS) is 11.7. The molecule has 2 N–H and O–H groups in total. The predicted octanol–water partition coefficient (Wildman–Crippen LogP) is 4.22. The second-order valence-corrected chi connectivity index (χ2v) is 6.54. The summed E-state index contributed by atoms with van der Waals surface area (Å²) < 4.78 is 5.20. The number of halogens is 1. The van der Waals surface area contributed by atoms with Gasteiger partial charge in [-0.25, -0.2) is 4.79 Å². The third kappa shape index (κ3) is 6.41. The van der Waals surface area contributed by atoms with E-state index < -0.39 is 12.0 Å². The van der Waals surface area contributed by atoms with Gasteiger partial charge in [0.05, 0.1) is 18.6 Å². The van der Waals surface area contributed by atoms with Gasteiger partial charge < -0.3 is 15.4 Å². The Bertz CT molecular complexity index is 735. The predicted molar refractivity (Wildman–Crippen MR) is 102 cm³/mol. The first-order chi connectivity index (χ1) is 12.5. The fraction of sp³-hybridized carbons (Fsp3) is 0.300. The maximum atomic E-state index is 12.3. The van der Waals surface area contributed by atoms with E-state index in [2.05, 4.69) is 10.6 Å². The number of urea groups is 1. The molecule has 0 aliphatic heterocycles. The van der Waals surface area contributed by atoms with E-state index in [1.807, 2.05) is 36.4 Å². The lowest BCUT2D eigenvalue weighted by Gasteiger charge is -2.20. The van der Waals surface area contributed by atoms with Gasteiger partial charge in [0.1, 0.15) is 0 Å². The summed E-state index contributed by atoms with van der Waals surface area (Å²) in [6.07, 6.45) is -0.220. The lowest BCUT2D eigenvalue weighted by molar-refractivity contribution is -0.147. The Labute approximate surface area is 158 Å². The average molecular weight is 375 g/mol. The van der Waals surface area contributed by atoms with E-state index in [-0.39, 0.29) is 18.6 Å². The van der Waals surface area contributed by atoms with E-state index in [0.717, 1.165) is 5.56 Å². The Morgan fingerprint density at radius 1 is 1.04 bits per heavy atom. The molecular formula is C20H23ClN2O3. The Morgan fingerprint density at radius 2 is 1.69 bits per heavy atom. The monoisotopic (exact) mass is 374 g/mol. The Kier molecular flexibility index (Phi) is 7.48. The second-order valence-electron chi connectivity index (χ2n) is 6.13. The van der Waals surface area contributed by atoms with Crippen molar-refractivity contribution in [2.75, 3.05) is 0 Å². The largest absolute Gasteiger partial charge is 0.463 e. The zero-order chi connectivity index (χ0) is 18.9. The molecule has 0 radical (unpaired) electrons. The number of esters is 1. The highest BCUT2D eigenvalue weighted by Crippen LogP contribution is 2.25. The average Bonchev–Trinajstić information content (AvgIpc) is 2.60. The standard InChI is InChI=1S/C20H23ClN2O3/c1-14(2)26-19(24)12-18(16-10-6-7-11-17(16)21)23-20(25)22-13-15-8-4-3-5-9-15/h3-11,14,18H,12-13H2,1-2H3,(H2,22,23,25). The third-order valence-corrected chi connectivity index (χ3v) is 3.96. The zero-order valence-electron chi connectivity index (χ0n) is 14.9. The molecule has 5 nitrogen and oxygen atoms in total. The van der Waals surface area contributed by atoms with Crippen LogP contribution in [0.15, 0.2) is 54.6 Å². The molecule has 1 atom stereocenters. The van der Waals surface area contributed by atoms with Crippen LogP contribution in [0.3, 0.4) is 0 Å². The highest BCUT2D eigenvalue weighted by molar-refractivity contribution is 6.31. The number of hydrogen-bond acceptors (Lipinski definition) is 3. The van der Waals surface area contributed by atoms with Crippen LogP contribution < -0.4 is 10.6 Å². The molecule has 0 aromatic heterocycles. The number of carbonyl (C=O) groups is 2. The molecule has 1 unspecified atom stereocenters. The van der Waals surface area contributed by atoms with Crippen molar-refractivity contribution in [1.29, 1.82) is 0 Å². The lowest BCUT2D eigenvalue weighted by atomic mass is 10.0. The van der Waals surface area contributed by atoms with Crippen molar-refractivity contribution in [2.45, 2.75) is 39.0 Å². The number of benzene rings is 2. The third-order valence-electron chi connectivity index (χ3n) is 3.62. The van der Waals surface area contributed by atoms with Crippen molar-refractivity contribution in [1.82, 2.24) is 10.6 Å². The number of ether oxygens (including phenoxy) is 1. The molecule has 0 fully saturated rings. The van der Waals surface area contributed by atoms with Gasteiger partial charge in [-0.3, -0.25) is 4.79 Å². The van der Waals surface area contributed by atoms with E-state index in [9.17, 15) is 9.59 Å². The molecule has 0 aliphatic carbocycles. The summed E-state index contributed by atoms with van der Waals surface area (Å²) >= 11 is 6.24. The van der Waals surface area contributed by atoms with Crippen LogP contribution in [0.1, 0.15) is 37.4 Å². The number of carbonyl (C=O) groups excluding carboxylic acids is 2. The summed E-state index contributed by atoms with van der Waals surface area (Å²) in [5, 5.41) is 6.09. The number of hydrogen-bond donors (Lipinski definition) is 2. The van der Waals surface area contributed by atoms with Gasteiger partial charge >= 0.3 is 12.0 Å². The molecule has 0 saturated heterocycles. The minimum absolute atomic E-state index is 0.000665. The van der Waals surface area contributed by atoms with Crippen LogP contribution in [0.4, 0.5) is 4.79 Å². The van der Waals surface area contributed by atoms with Crippen LogP contribution in [0.5, 0.6) is 0 Å². The van der Waals surface area contributed by atoms with Gasteiger partial charge in [0.25, 0.3) is 0 Å². The van der Waals surface area contributed by atoms with Crippen molar-refractivity contribution < 1.29 is 14.3 Å². The fourth-order valence-electron chi connectivity index (χ4n) is 2.46. The maximum absolute atomic E-state index is 12.3. The first kappa shape index (κ1) is 19.8. The first-order valence-electron chi connectivity index (χ1n) is 8.48. The Morgan fingerprint density at radius 3 is 2.35 bits per heavy atom. The van der Waals surface area contributed by atoms with E-state index in [1.54, 1.807) is 32.0 Å². The molecule has 138 valence electrons. The summed E-state index contributed by atoms with van der Waals surface area (Å²) in [4.78, 5) is 24.4.